The molecule has 1 heterocycles. The van der Waals surface area contributed by atoms with E-state index < -0.39 is 0 Å². The highest BCUT2D eigenvalue weighted by molar-refractivity contribution is 5.95. The summed E-state index contributed by atoms with van der Waals surface area (Å²) in [6, 6.07) is 15.7. The highest BCUT2D eigenvalue weighted by Crippen LogP contribution is 2.24. The third-order valence-corrected chi connectivity index (χ3v) is 3.25. The highest BCUT2D eigenvalue weighted by atomic mass is 19.1. The Bertz CT molecular complexity index is 811. The number of pyridine rings is 1. The number of aromatic nitrogens is 1. The Hall–Kier alpha value is -2.55. The van der Waals surface area contributed by atoms with Crippen LogP contribution in [0.4, 0.5) is 4.39 Å². The van der Waals surface area contributed by atoms with E-state index in [1.807, 2.05) is 30.3 Å². The first-order chi connectivity index (χ1) is 9.65. The predicted octanol–water partition coefficient (Wildman–Crippen LogP) is 4.24. The summed E-state index contributed by atoms with van der Waals surface area (Å²) in [6.07, 6.45) is 0. The molecule has 1 aromatic heterocycles. The topological polar surface area (TPSA) is 30.0 Å². The van der Waals surface area contributed by atoms with Crippen molar-refractivity contribution in [3.8, 4) is 11.3 Å². The van der Waals surface area contributed by atoms with Gasteiger partial charge in [0.25, 0.3) is 0 Å². The van der Waals surface area contributed by atoms with Gasteiger partial charge in [0.05, 0.1) is 11.2 Å². The molecule has 3 aromatic rings. The molecule has 3 heteroatoms. The van der Waals surface area contributed by atoms with Gasteiger partial charge in [-0.1, -0.05) is 24.3 Å². The van der Waals surface area contributed by atoms with Crippen molar-refractivity contribution in [1.29, 1.82) is 0 Å². The van der Waals surface area contributed by atoms with E-state index in [2.05, 4.69) is 4.98 Å². The summed E-state index contributed by atoms with van der Waals surface area (Å²) < 4.78 is 14.0. The Balaban J connectivity index is 2.19. The third-order valence-electron chi connectivity index (χ3n) is 3.25. The molecule has 0 N–H and O–H groups in total. The van der Waals surface area contributed by atoms with E-state index in [-0.39, 0.29) is 11.6 Å². The normalized spacial score (nSPS) is 10.7. The number of hydrogen-bond donors (Lipinski definition) is 0. The molecule has 98 valence electrons. The standard InChI is InChI=1S/C17H12FNO/c1-11(20)13-6-8-15(18)14(10-13)17-9-7-12-4-2-3-5-16(12)19-17/h2-10H,1H3. The van der Waals surface area contributed by atoms with E-state index in [1.165, 1.54) is 19.1 Å². The maximum atomic E-state index is 14.0. The molecular formula is C17H12FNO. The molecule has 3 rings (SSSR count). The second-order valence-electron chi connectivity index (χ2n) is 4.64. The average molecular weight is 265 g/mol. The van der Waals surface area contributed by atoms with Crippen molar-refractivity contribution in [2.75, 3.05) is 0 Å². The van der Waals surface area contributed by atoms with Crippen molar-refractivity contribution in [2.24, 2.45) is 0 Å². The van der Waals surface area contributed by atoms with E-state index in [1.54, 1.807) is 12.1 Å². The van der Waals surface area contributed by atoms with Crippen LogP contribution in [0.5, 0.6) is 0 Å². The van der Waals surface area contributed by atoms with Crippen molar-refractivity contribution in [3.05, 3.63) is 66.0 Å². The van der Waals surface area contributed by atoms with Crippen LogP contribution in [0, 0.1) is 5.82 Å². The molecule has 0 spiro atoms. The maximum absolute atomic E-state index is 14.0. The zero-order valence-corrected chi connectivity index (χ0v) is 10.9. The van der Waals surface area contributed by atoms with E-state index in [9.17, 15) is 9.18 Å². The van der Waals surface area contributed by atoms with Gasteiger partial charge in [0, 0.05) is 16.5 Å². The van der Waals surface area contributed by atoms with Gasteiger partial charge in [0.15, 0.2) is 5.78 Å². The summed E-state index contributed by atoms with van der Waals surface area (Å²) in [5, 5.41) is 0.999. The van der Waals surface area contributed by atoms with Crippen molar-refractivity contribution in [1.82, 2.24) is 4.98 Å². The number of carbonyl (C=O) groups is 1. The number of Topliss-reactive ketones (excluding diaryl/α,β-unsaturated/α-hetero) is 1. The lowest BCUT2D eigenvalue weighted by Gasteiger charge is -2.06. The van der Waals surface area contributed by atoms with Crippen LogP contribution < -0.4 is 0 Å². The minimum absolute atomic E-state index is 0.0907. The first-order valence-corrected chi connectivity index (χ1v) is 6.32. The molecule has 0 saturated heterocycles. The van der Waals surface area contributed by atoms with Gasteiger partial charge in [-0.3, -0.25) is 4.79 Å². The first kappa shape index (κ1) is 12.5. The Morgan fingerprint density at radius 2 is 1.85 bits per heavy atom. The third kappa shape index (κ3) is 2.18. The largest absolute Gasteiger partial charge is 0.295 e. The van der Waals surface area contributed by atoms with Crippen LogP contribution in [-0.4, -0.2) is 10.8 Å². The molecule has 0 aliphatic rings. The lowest BCUT2D eigenvalue weighted by molar-refractivity contribution is 0.101. The monoisotopic (exact) mass is 265 g/mol. The molecular weight excluding hydrogens is 253 g/mol. The molecule has 0 unspecified atom stereocenters. The van der Waals surface area contributed by atoms with Crippen LogP contribution in [0.1, 0.15) is 17.3 Å². The zero-order chi connectivity index (χ0) is 14.1. The number of carbonyl (C=O) groups excluding carboxylic acids is 1. The Morgan fingerprint density at radius 1 is 1.05 bits per heavy atom. The zero-order valence-electron chi connectivity index (χ0n) is 10.9. The molecule has 0 amide bonds. The highest BCUT2D eigenvalue weighted by Gasteiger charge is 2.10. The van der Waals surface area contributed by atoms with Gasteiger partial charge >= 0.3 is 0 Å². The maximum Gasteiger partial charge on any atom is 0.159 e. The first-order valence-electron chi connectivity index (χ1n) is 6.32. The number of rotatable bonds is 2. The Morgan fingerprint density at radius 3 is 2.65 bits per heavy atom. The predicted molar refractivity (Wildman–Crippen MR) is 77.1 cm³/mol. The molecule has 0 saturated carbocycles. The SMILES string of the molecule is CC(=O)c1ccc(F)c(-c2ccc3ccccc3n2)c1. The molecule has 0 atom stereocenters. The Labute approximate surface area is 115 Å². The van der Waals surface area contributed by atoms with Crippen LogP contribution in [-0.2, 0) is 0 Å². The number of ketones is 1. The lowest BCUT2D eigenvalue weighted by atomic mass is 10.0. The molecule has 0 fully saturated rings. The van der Waals surface area contributed by atoms with Gasteiger partial charge in [0.2, 0.25) is 0 Å². The summed E-state index contributed by atoms with van der Waals surface area (Å²) in [5.74, 6) is -0.468. The molecule has 0 aliphatic heterocycles. The number of para-hydroxylation sites is 1. The quantitative estimate of drug-likeness (QED) is 0.648. The van der Waals surface area contributed by atoms with Crippen molar-refractivity contribution in [2.45, 2.75) is 6.92 Å². The smallest absolute Gasteiger partial charge is 0.159 e. The minimum atomic E-state index is -0.377. The summed E-state index contributed by atoms with van der Waals surface area (Å²) in [4.78, 5) is 15.9. The summed E-state index contributed by atoms with van der Waals surface area (Å²) in [6.45, 7) is 1.46. The van der Waals surface area contributed by atoms with Gasteiger partial charge in [0.1, 0.15) is 5.82 Å². The van der Waals surface area contributed by atoms with Crippen LogP contribution in [0.15, 0.2) is 54.6 Å². The second-order valence-corrected chi connectivity index (χ2v) is 4.64. The molecule has 20 heavy (non-hydrogen) atoms. The number of hydrogen-bond acceptors (Lipinski definition) is 2. The fraction of sp³-hybridized carbons (Fsp3) is 0.0588. The lowest BCUT2D eigenvalue weighted by Crippen LogP contribution is -1.95. The fourth-order valence-electron chi connectivity index (χ4n) is 2.16. The number of halogens is 1. The summed E-state index contributed by atoms with van der Waals surface area (Å²) in [5.41, 5.74) is 2.17. The molecule has 0 aliphatic carbocycles. The van der Waals surface area contributed by atoms with Gasteiger partial charge in [-0.2, -0.15) is 0 Å². The van der Waals surface area contributed by atoms with Gasteiger partial charge in [-0.25, -0.2) is 9.37 Å². The summed E-state index contributed by atoms with van der Waals surface area (Å²) >= 11 is 0. The van der Waals surface area contributed by atoms with Gasteiger partial charge in [-0.15, -0.1) is 0 Å². The number of fused-ring (bicyclic) bond motifs is 1. The van der Waals surface area contributed by atoms with Crippen molar-refractivity contribution in [3.63, 3.8) is 0 Å². The minimum Gasteiger partial charge on any atom is -0.295 e. The number of nitrogens with zero attached hydrogens (tertiary/aromatic N) is 1. The number of benzene rings is 2. The van der Waals surface area contributed by atoms with E-state index in [4.69, 9.17) is 0 Å². The fourth-order valence-corrected chi connectivity index (χ4v) is 2.16. The van der Waals surface area contributed by atoms with Crippen LogP contribution in [0.2, 0.25) is 0 Å². The molecule has 0 bridgehead atoms. The molecule has 0 radical (unpaired) electrons. The van der Waals surface area contributed by atoms with Crippen LogP contribution in [0.3, 0.4) is 0 Å². The molecule has 2 nitrogen and oxygen atoms in total. The van der Waals surface area contributed by atoms with Gasteiger partial charge < -0.3 is 0 Å². The van der Waals surface area contributed by atoms with Crippen molar-refractivity contribution < 1.29 is 9.18 Å². The van der Waals surface area contributed by atoms with E-state index >= 15 is 0 Å². The van der Waals surface area contributed by atoms with Crippen LogP contribution in [0.25, 0.3) is 22.2 Å². The van der Waals surface area contributed by atoms with E-state index in [0.717, 1.165) is 10.9 Å². The van der Waals surface area contributed by atoms with E-state index in [0.29, 0.717) is 16.8 Å². The average Bonchev–Trinajstić information content (AvgIpc) is 2.47. The summed E-state index contributed by atoms with van der Waals surface area (Å²) in [7, 11) is 0. The van der Waals surface area contributed by atoms with Crippen LogP contribution >= 0.6 is 0 Å². The molecule has 2 aromatic carbocycles. The van der Waals surface area contributed by atoms with Crippen molar-refractivity contribution >= 4 is 16.7 Å². The Kier molecular flexibility index (Phi) is 3.03. The second kappa shape index (κ2) is 4.85. The van der Waals surface area contributed by atoms with Gasteiger partial charge in [-0.05, 0) is 37.3 Å².